The molecular formula is C8H14. The van der Waals surface area contributed by atoms with Crippen LogP contribution in [0.25, 0.3) is 0 Å². The Hall–Kier alpha value is -0.520. The van der Waals surface area contributed by atoms with Gasteiger partial charge in [-0.2, -0.15) is 0 Å². The highest BCUT2D eigenvalue weighted by Gasteiger charge is 1.75. The van der Waals surface area contributed by atoms with Gasteiger partial charge in [0.25, 0.3) is 0 Å². The van der Waals surface area contributed by atoms with Crippen LogP contribution in [-0.4, -0.2) is 0 Å². The van der Waals surface area contributed by atoms with Crippen molar-refractivity contribution in [1.29, 1.82) is 0 Å². The molecule has 0 fully saturated rings. The molecule has 0 heterocycles. The molecule has 0 spiro atoms. The Bertz CT molecular complexity index is 96.6. The number of rotatable bonds is 2. The van der Waals surface area contributed by atoms with Crippen LogP contribution in [0, 0.1) is 0 Å². The predicted molar refractivity (Wildman–Crippen MR) is 38.9 cm³/mol. The molecule has 0 amide bonds. The molecule has 0 heteroatoms. The zero-order valence-corrected chi connectivity index (χ0v) is 5.94. The van der Waals surface area contributed by atoms with Gasteiger partial charge in [0.15, 0.2) is 0 Å². The smallest absolute Gasteiger partial charge is 0.0349 e. The van der Waals surface area contributed by atoms with Crippen molar-refractivity contribution in [2.24, 2.45) is 0 Å². The summed E-state index contributed by atoms with van der Waals surface area (Å²) in [4.78, 5) is 0. The first-order valence-corrected chi connectivity index (χ1v) is 3.09. The monoisotopic (exact) mass is 110 g/mol. The molecule has 8 heavy (non-hydrogen) atoms. The maximum absolute atomic E-state index is 2.16. The van der Waals surface area contributed by atoms with Crippen molar-refractivity contribution in [2.75, 3.05) is 0 Å². The summed E-state index contributed by atoms with van der Waals surface area (Å²) in [5, 5.41) is 0. The van der Waals surface area contributed by atoms with Gasteiger partial charge in [0.1, 0.15) is 0 Å². The molecule has 0 bridgehead atoms. The molecule has 0 unspecified atom stereocenters. The first-order chi connectivity index (χ1) is 3.81. The van der Waals surface area contributed by atoms with Gasteiger partial charge in [0.05, 0.1) is 0 Å². The third-order valence-electron chi connectivity index (χ3n) is 1.13. The molecule has 0 aromatic carbocycles. The highest BCUT2D eigenvalue weighted by atomic mass is 13.8. The summed E-state index contributed by atoms with van der Waals surface area (Å²) in [5.74, 6) is 0. The van der Waals surface area contributed by atoms with E-state index in [4.69, 9.17) is 0 Å². The van der Waals surface area contributed by atoms with Crippen LogP contribution in [0.4, 0.5) is 0 Å². The van der Waals surface area contributed by atoms with E-state index in [1.54, 1.807) is 0 Å². The molecule has 0 aromatic rings. The van der Waals surface area contributed by atoms with E-state index < -0.39 is 0 Å². The van der Waals surface area contributed by atoms with E-state index in [-0.39, 0.29) is 0 Å². The summed E-state index contributed by atoms with van der Waals surface area (Å²) in [5.41, 5.74) is 1.43. The van der Waals surface area contributed by atoms with E-state index in [2.05, 4.69) is 26.0 Å². The number of hydrogen-bond donors (Lipinski definition) is 0. The van der Waals surface area contributed by atoms with Crippen LogP contribution >= 0.6 is 0 Å². The Morgan fingerprint density at radius 3 is 2.50 bits per heavy atom. The highest BCUT2D eigenvalue weighted by Crippen LogP contribution is 1.96. The van der Waals surface area contributed by atoms with E-state index in [1.165, 1.54) is 5.57 Å². The molecule has 0 radical (unpaired) electrons. The van der Waals surface area contributed by atoms with Crippen LogP contribution in [0.2, 0.25) is 0 Å². The minimum absolute atomic E-state index is 1.16. The highest BCUT2D eigenvalue weighted by molar-refractivity contribution is 5.08. The Morgan fingerprint density at radius 2 is 2.12 bits per heavy atom. The second-order valence-corrected chi connectivity index (χ2v) is 1.89. The lowest BCUT2D eigenvalue weighted by Crippen LogP contribution is -1.66. The molecule has 0 saturated carbocycles. The lowest BCUT2D eigenvalue weighted by atomic mass is 10.2. The molecule has 0 rings (SSSR count). The Kier molecular flexibility index (Phi) is 4.33. The summed E-state index contributed by atoms with van der Waals surface area (Å²) in [6.45, 7) is 6.33. The fourth-order valence-electron chi connectivity index (χ4n) is 0.378. The van der Waals surface area contributed by atoms with Gasteiger partial charge in [-0.15, -0.1) is 0 Å². The molecular weight excluding hydrogens is 96.1 g/mol. The number of hydrogen-bond acceptors (Lipinski definition) is 0. The van der Waals surface area contributed by atoms with E-state index >= 15 is 0 Å². The van der Waals surface area contributed by atoms with E-state index in [9.17, 15) is 0 Å². The van der Waals surface area contributed by atoms with Crippen molar-refractivity contribution in [3.8, 4) is 0 Å². The first kappa shape index (κ1) is 7.48. The van der Waals surface area contributed by atoms with E-state index in [0.29, 0.717) is 0 Å². The Balaban J connectivity index is 3.57. The Morgan fingerprint density at radius 1 is 1.50 bits per heavy atom. The van der Waals surface area contributed by atoms with Crippen molar-refractivity contribution >= 4 is 0 Å². The first-order valence-electron chi connectivity index (χ1n) is 3.09. The van der Waals surface area contributed by atoms with Crippen molar-refractivity contribution in [3.63, 3.8) is 0 Å². The van der Waals surface area contributed by atoms with Gasteiger partial charge < -0.3 is 0 Å². The standard InChI is InChI=1S/C8H14/c1-4-6-7-8(3)5-2/h4,6-7H,5H2,1-3H3/b6-4?,8-7+. The predicted octanol–water partition coefficient (Wildman–Crippen LogP) is 2.92. The third kappa shape index (κ3) is 3.66. The summed E-state index contributed by atoms with van der Waals surface area (Å²) < 4.78 is 0. The zero-order valence-electron chi connectivity index (χ0n) is 5.94. The van der Waals surface area contributed by atoms with Gasteiger partial charge in [-0.1, -0.05) is 30.7 Å². The Labute approximate surface area is 51.9 Å². The van der Waals surface area contributed by atoms with Gasteiger partial charge >= 0.3 is 0 Å². The van der Waals surface area contributed by atoms with E-state index in [0.717, 1.165) is 6.42 Å². The molecule has 0 aliphatic rings. The van der Waals surface area contributed by atoms with Crippen LogP contribution in [0.5, 0.6) is 0 Å². The maximum Gasteiger partial charge on any atom is -0.0349 e. The van der Waals surface area contributed by atoms with Crippen molar-refractivity contribution in [3.05, 3.63) is 23.8 Å². The quantitative estimate of drug-likeness (QED) is 0.479. The minimum atomic E-state index is 1.16. The van der Waals surface area contributed by atoms with Crippen LogP contribution in [0.1, 0.15) is 27.2 Å². The largest absolute Gasteiger partial charge is 0.0877 e. The van der Waals surface area contributed by atoms with Crippen molar-refractivity contribution < 1.29 is 0 Å². The number of allylic oxidation sites excluding steroid dienone is 4. The zero-order chi connectivity index (χ0) is 6.41. The second-order valence-electron chi connectivity index (χ2n) is 1.89. The van der Waals surface area contributed by atoms with Crippen LogP contribution in [0.3, 0.4) is 0 Å². The van der Waals surface area contributed by atoms with Gasteiger partial charge in [-0.05, 0) is 20.3 Å². The lowest BCUT2D eigenvalue weighted by Gasteiger charge is -1.87. The van der Waals surface area contributed by atoms with E-state index in [1.807, 2.05) is 13.0 Å². The van der Waals surface area contributed by atoms with Gasteiger partial charge in [0, 0.05) is 0 Å². The van der Waals surface area contributed by atoms with Gasteiger partial charge in [0.2, 0.25) is 0 Å². The summed E-state index contributed by atoms with van der Waals surface area (Å²) in [6.07, 6.45) is 7.41. The summed E-state index contributed by atoms with van der Waals surface area (Å²) in [6, 6.07) is 0. The third-order valence-corrected chi connectivity index (χ3v) is 1.13. The SMILES string of the molecule is CC=C/C=C(\C)CC. The van der Waals surface area contributed by atoms with Crippen LogP contribution in [-0.2, 0) is 0 Å². The van der Waals surface area contributed by atoms with Crippen LogP contribution < -0.4 is 0 Å². The summed E-state index contributed by atoms with van der Waals surface area (Å²) >= 11 is 0. The second kappa shape index (κ2) is 4.63. The topological polar surface area (TPSA) is 0 Å². The molecule has 0 aromatic heterocycles. The van der Waals surface area contributed by atoms with Crippen molar-refractivity contribution in [1.82, 2.24) is 0 Å². The molecule has 46 valence electrons. The van der Waals surface area contributed by atoms with Gasteiger partial charge in [-0.3, -0.25) is 0 Å². The molecule has 0 aliphatic carbocycles. The molecule has 0 aliphatic heterocycles. The lowest BCUT2D eigenvalue weighted by molar-refractivity contribution is 1.10. The fourth-order valence-corrected chi connectivity index (χ4v) is 0.378. The fraction of sp³-hybridized carbons (Fsp3) is 0.500. The molecule has 0 saturated heterocycles. The molecule has 0 nitrogen and oxygen atoms in total. The van der Waals surface area contributed by atoms with Crippen LogP contribution in [0.15, 0.2) is 23.8 Å². The normalized spacial score (nSPS) is 13.1. The average molecular weight is 110 g/mol. The van der Waals surface area contributed by atoms with Gasteiger partial charge in [-0.25, -0.2) is 0 Å². The molecule has 0 N–H and O–H groups in total. The summed E-state index contributed by atoms with van der Waals surface area (Å²) in [7, 11) is 0. The minimum Gasteiger partial charge on any atom is -0.0877 e. The average Bonchev–Trinajstić information content (AvgIpc) is 1.83. The maximum atomic E-state index is 2.16. The molecule has 0 atom stereocenters. The van der Waals surface area contributed by atoms with Crippen molar-refractivity contribution in [2.45, 2.75) is 27.2 Å².